The molecule has 1 aromatic heterocycles. The molecular weight excluding hydrogens is 272 g/mol. The van der Waals surface area contributed by atoms with Gasteiger partial charge in [0.2, 0.25) is 5.91 Å². The standard InChI is InChI=1S/C11H20N4OS.ClH/c1-8(7-17-4)14-11(16)10(12-2)9-5-13-15(3)6-9;/h5-6,8,10,12H,7H2,1-4H3,(H,14,16);1H. The number of thioether (sulfide) groups is 1. The zero-order valence-corrected chi connectivity index (χ0v) is 12.8. The molecule has 0 aliphatic carbocycles. The third-order valence-electron chi connectivity index (χ3n) is 2.41. The van der Waals surface area contributed by atoms with Gasteiger partial charge in [-0.05, 0) is 20.2 Å². The Hall–Kier alpha value is -0.720. The Labute approximate surface area is 118 Å². The summed E-state index contributed by atoms with van der Waals surface area (Å²) in [5.41, 5.74) is 0.879. The SMILES string of the molecule is CNC(C(=O)NC(C)CSC)c1cnn(C)c1.Cl. The van der Waals surface area contributed by atoms with Gasteiger partial charge >= 0.3 is 0 Å². The predicted octanol–water partition coefficient (Wildman–Crippen LogP) is 0.970. The number of halogens is 1. The van der Waals surface area contributed by atoms with Crippen LogP contribution in [0.4, 0.5) is 0 Å². The molecule has 5 nitrogen and oxygen atoms in total. The topological polar surface area (TPSA) is 59.0 Å². The first-order chi connectivity index (χ1) is 8.08. The molecule has 104 valence electrons. The second-order valence-corrected chi connectivity index (χ2v) is 4.94. The van der Waals surface area contributed by atoms with Gasteiger partial charge in [0, 0.05) is 30.6 Å². The lowest BCUT2D eigenvalue weighted by molar-refractivity contribution is -0.123. The van der Waals surface area contributed by atoms with Crippen LogP contribution in [0.2, 0.25) is 0 Å². The van der Waals surface area contributed by atoms with E-state index in [1.807, 2.05) is 26.4 Å². The Balaban J connectivity index is 0.00000289. The van der Waals surface area contributed by atoms with E-state index in [2.05, 4.69) is 15.7 Å². The minimum absolute atomic E-state index is 0. The molecule has 1 amide bonds. The maximum atomic E-state index is 12.0. The van der Waals surface area contributed by atoms with Crippen molar-refractivity contribution in [2.24, 2.45) is 7.05 Å². The second-order valence-electron chi connectivity index (χ2n) is 4.03. The number of likely N-dealkylation sites (N-methyl/N-ethyl adjacent to an activating group) is 1. The van der Waals surface area contributed by atoms with Crippen molar-refractivity contribution in [1.82, 2.24) is 20.4 Å². The zero-order valence-electron chi connectivity index (χ0n) is 11.1. The zero-order chi connectivity index (χ0) is 12.8. The van der Waals surface area contributed by atoms with Crippen LogP contribution in [0, 0.1) is 0 Å². The molecule has 18 heavy (non-hydrogen) atoms. The maximum absolute atomic E-state index is 12.0. The highest BCUT2D eigenvalue weighted by molar-refractivity contribution is 7.98. The van der Waals surface area contributed by atoms with E-state index < -0.39 is 0 Å². The first kappa shape index (κ1) is 17.3. The van der Waals surface area contributed by atoms with E-state index in [1.54, 1.807) is 29.7 Å². The molecule has 0 aromatic carbocycles. The number of rotatable bonds is 6. The Bertz CT molecular complexity index is 372. The molecule has 0 aliphatic rings. The van der Waals surface area contributed by atoms with Gasteiger partial charge < -0.3 is 10.6 Å². The van der Waals surface area contributed by atoms with E-state index in [0.717, 1.165) is 11.3 Å². The van der Waals surface area contributed by atoms with Crippen LogP contribution in [0.25, 0.3) is 0 Å². The third-order valence-corrected chi connectivity index (χ3v) is 3.25. The fourth-order valence-corrected chi connectivity index (χ4v) is 2.24. The summed E-state index contributed by atoms with van der Waals surface area (Å²) in [7, 11) is 3.61. The highest BCUT2D eigenvalue weighted by atomic mass is 35.5. The smallest absolute Gasteiger partial charge is 0.242 e. The lowest BCUT2D eigenvalue weighted by Crippen LogP contribution is -2.41. The van der Waals surface area contributed by atoms with Crippen molar-refractivity contribution in [3.63, 3.8) is 0 Å². The lowest BCUT2D eigenvalue weighted by atomic mass is 10.1. The molecule has 0 spiro atoms. The Kier molecular flexibility index (Phi) is 8.06. The van der Waals surface area contributed by atoms with Gasteiger partial charge in [0.1, 0.15) is 6.04 Å². The lowest BCUT2D eigenvalue weighted by Gasteiger charge is -2.18. The monoisotopic (exact) mass is 292 g/mol. The molecule has 0 saturated carbocycles. The van der Waals surface area contributed by atoms with Crippen LogP contribution < -0.4 is 10.6 Å². The first-order valence-corrected chi connectivity index (χ1v) is 6.93. The molecule has 7 heteroatoms. The maximum Gasteiger partial charge on any atom is 0.242 e. The minimum Gasteiger partial charge on any atom is -0.351 e. The number of carbonyl (C=O) groups is 1. The number of hydrogen-bond donors (Lipinski definition) is 2. The van der Waals surface area contributed by atoms with Crippen molar-refractivity contribution >= 4 is 30.1 Å². The summed E-state index contributed by atoms with van der Waals surface area (Å²) < 4.78 is 1.69. The van der Waals surface area contributed by atoms with Gasteiger partial charge in [-0.1, -0.05) is 0 Å². The second kappa shape index (κ2) is 8.39. The van der Waals surface area contributed by atoms with Crippen LogP contribution in [0.3, 0.4) is 0 Å². The summed E-state index contributed by atoms with van der Waals surface area (Å²) in [6.07, 6.45) is 5.58. The molecule has 0 radical (unpaired) electrons. The van der Waals surface area contributed by atoms with Crippen LogP contribution >= 0.6 is 24.2 Å². The van der Waals surface area contributed by atoms with E-state index in [9.17, 15) is 4.79 Å². The fourth-order valence-electron chi connectivity index (χ4n) is 1.66. The van der Waals surface area contributed by atoms with Crippen molar-refractivity contribution in [1.29, 1.82) is 0 Å². The van der Waals surface area contributed by atoms with E-state index >= 15 is 0 Å². The highest BCUT2D eigenvalue weighted by Crippen LogP contribution is 2.11. The molecule has 2 N–H and O–H groups in total. The minimum atomic E-state index is -0.340. The molecule has 1 aromatic rings. The summed E-state index contributed by atoms with van der Waals surface area (Å²) in [6.45, 7) is 2.00. The molecule has 2 atom stereocenters. The summed E-state index contributed by atoms with van der Waals surface area (Å²) in [6, 6.07) is -0.168. The van der Waals surface area contributed by atoms with E-state index in [1.165, 1.54) is 0 Å². The summed E-state index contributed by atoms with van der Waals surface area (Å²) >= 11 is 1.72. The number of amides is 1. The average molecular weight is 293 g/mol. The fraction of sp³-hybridized carbons (Fsp3) is 0.636. The molecule has 2 unspecified atom stereocenters. The Morgan fingerprint density at radius 2 is 2.28 bits per heavy atom. The van der Waals surface area contributed by atoms with Crippen molar-refractivity contribution in [2.45, 2.75) is 19.0 Å². The van der Waals surface area contributed by atoms with E-state index in [4.69, 9.17) is 0 Å². The number of hydrogen-bond acceptors (Lipinski definition) is 4. The molecule has 1 heterocycles. The van der Waals surface area contributed by atoms with Gasteiger partial charge in [0.05, 0.1) is 6.20 Å². The molecule has 1 rings (SSSR count). The van der Waals surface area contributed by atoms with Crippen molar-refractivity contribution in [2.75, 3.05) is 19.1 Å². The molecule has 0 bridgehead atoms. The van der Waals surface area contributed by atoms with Crippen LogP contribution in [-0.4, -0.2) is 40.8 Å². The average Bonchev–Trinajstić information content (AvgIpc) is 2.66. The van der Waals surface area contributed by atoms with Crippen molar-refractivity contribution in [3.05, 3.63) is 18.0 Å². The molecule has 0 saturated heterocycles. The summed E-state index contributed by atoms with van der Waals surface area (Å²) in [5.74, 6) is 0.900. The number of aromatic nitrogens is 2. The normalized spacial score (nSPS) is 13.6. The number of nitrogens with one attached hydrogen (secondary N) is 2. The van der Waals surface area contributed by atoms with E-state index in [-0.39, 0.29) is 30.4 Å². The van der Waals surface area contributed by atoms with Crippen molar-refractivity contribution < 1.29 is 4.79 Å². The number of aryl methyl sites for hydroxylation is 1. The van der Waals surface area contributed by atoms with E-state index in [0.29, 0.717) is 0 Å². The largest absolute Gasteiger partial charge is 0.351 e. The van der Waals surface area contributed by atoms with Crippen molar-refractivity contribution in [3.8, 4) is 0 Å². The van der Waals surface area contributed by atoms with Crippen LogP contribution in [-0.2, 0) is 11.8 Å². The Morgan fingerprint density at radius 3 is 2.72 bits per heavy atom. The van der Waals surface area contributed by atoms with Gasteiger partial charge in [0.15, 0.2) is 0 Å². The molecular formula is C11H21ClN4OS. The molecule has 0 fully saturated rings. The third kappa shape index (κ3) is 4.88. The number of carbonyl (C=O) groups excluding carboxylic acids is 1. The summed E-state index contributed by atoms with van der Waals surface area (Å²) in [4.78, 5) is 12.0. The molecule has 0 aliphatic heterocycles. The highest BCUT2D eigenvalue weighted by Gasteiger charge is 2.21. The Morgan fingerprint density at radius 1 is 1.61 bits per heavy atom. The van der Waals surface area contributed by atoms with Gasteiger partial charge in [-0.2, -0.15) is 16.9 Å². The predicted molar refractivity (Wildman–Crippen MR) is 78.2 cm³/mol. The van der Waals surface area contributed by atoms with Crippen LogP contribution in [0.5, 0.6) is 0 Å². The van der Waals surface area contributed by atoms with Gasteiger partial charge in [-0.15, -0.1) is 12.4 Å². The first-order valence-electron chi connectivity index (χ1n) is 5.53. The quantitative estimate of drug-likeness (QED) is 0.820. The van der Waals surface area contributed by atoms with Crippen LogP contribution in [0.15, 0.2) is 12.4 Å². The number of nitrogens with zero attached hydrogens (tertiary/aromatic N) is 2. The summed E-state index contributed by atoms with van der Waals surface area (Å²) in [5, 5.41) is 10.1. The van der Waals surface area contributed by atoms with Gasteiger partial charge in [-0.25, -0.2) is 0 Å². The van der Waals surface area contributed by atoms with Gasteiger partial charge in [-0.3, -0.25) is 9.48 Å². The van der Waals surface area contributed by atoms with Crippen LogP contribution in [0.1, 0.15) is 18.5 Å². The van der Waals surface area contributed by atoms with Gasteiger partial charge in [0.25, 0.3) is 0 Å².